The molecule has 0 radical (unpaired) electrons. The lowest BCUT2D eigenvalue weighted by Gasteiger charge is -2.30. The quantitative estimate of drug-likeness (QED) is 0.748. The van der Waals surface area contributed by atoms with E-state index in [0.717, 1.165) is 19.5 Å². The minimum atomic E-state index is 0.0626. The number of rotatable bonds is 9. The maximum atomic E-state index is 9.76. The molecule has 2 rings (SSSR count). The molecule has 0 aliphatic rings. The van der Waals surface area contributed by atoms with Gasteiger partial charge in [0.25, 0.3) is 0 Å². The van der Waals surface area contributed by atoms with E-state index in [-0.39, 0.29) is 19.3 Å². The Morgan fingerprint density at radius 2 is 1.27 bits per heavy atom. The zero-order valence-corrected chi connectivity index (χ0v) is 12.9. The molecule has 0 unspecified atom stereocenters. The van der Waals surface area contributed by atoms with Gasteiger partial charge in [0.05, 0.1) is 6.61 Å². The van der Waals surface area contributed by atoms with Crippen molar-refractivity contribution in [3.63, 3.8) is 0 Å². The Hall–Kier alpha value is -1.68. The second kappa shape index (κ2) is 9.36. The molecule has 3 heteroatoms. The van der Waals surface area contributed by atoms with Crippen molar-refractivity contribution >= 4 is 0 Å². The Balaban J connectivity index is 2.11. The second-order valence-electron chi connectivity index (χ2n) is 5.58. The maximum absolute atomic E-state index is 9.76. The van der Waals surface area contributed by atoms with Crippen molar-refractivity contribution in [2.75, 3.05) is 13.2 Å². The number of aliphatic hydroxyl groups excluding tert-OH is 2. The molecule has 0 amide bonds. The number of nitrogens with zero attached hydrogens (tertiary/aromatic N) is 1. The zero-order valence-electron chi connectivity index (χ0n) is 12.9. The van der Waals surface area contributed by atoms with E-state index in [9.17, 15) is 5.11 Å². The minimum absolute atomic E-state index is 0.0626. The topological polar surface area (TPSA) is 43.7 Å². The van der Waals surface area contributed by atoms with E-state index >= 15 is 0 Å². The van der Waals surface area contributed by atoms with E-state index in [1.54, 1.807) is 0 Å². The average molecular weight is 299 g/mol. The van der Waals surface area contributed by atoms with Crippen LogP contribution in [0.2, 0.25) is 0 Å². The van der Waals surface area contributed by atoms with Gasteiger partial charge in [0.1, 0.15) is 0 Å². The lowest BCUT2D eigenvalue weighted by Crippen LogP contribution is -2.37. The molecule has 22 heavy (non-hydrogen) atoms. The van der Waals surface area contributed by atoms with Gasteiger partial charge < -0.3 is 10.2 Å². The van der Waals surface area contributed by atoms with Crippen LogP contribution in [0.15, 0.2) is 60.7 Å². The Kier molecular flexibility index (Phi) is 7.10. The van der Waals surface area contributed by atoms with Crippen LogP contribution < -0.4 is 0 Å². The van der Waals surface area contributed by atoms with Crippen molar-refractivity contribution in [3.8, 4) is 0 Å². The van der Waals surface area contributed by atoms with Gasteiger partial charge in [-0.2, -0.15) is 0 Å². The van der Waals surface area contributed by atoms with E-state index in [4.69, 9.17) is 5.11 Å². The Morgan fingerprint density at radius 1 is 0.773 bits per heavy atom. The molecule has 2 aromatic carbocycles. The molecule has 0 bridgehead atoms. The van der Waals surface area contributed by atoms with E-state index in [2.05, 4.69) is 29.2 Å². The fraction of sp³-hybridized carbons (Fsp3) is 0.368. The molecular weight excluding hydrogens is 274 g/mol. The molecule has 0 heterocycles. The van der Waals surface area contributed by atoms with Crippen LogP contribution in [0.1, 0.15) is 24.0 Å². The van der Waals surface area contributed by atoms with Gasteiger partial charge in [0, 0.05) is 25.7 Å². The number of hydrogen-bond donors (Lipinski definition) is 2. The largest absolute Gasteiger partial charge is 0.396 e. The van der Waals surface area contributed by atoms with Crippen molar-refractivity contribution in [3.05, 3.63) is 71.8 Å². The predicted octanol–water partition coefficient (Wildman–Crippen LogP) is 2.82. The molecule has 0 aliphatic carbocycles. The summed E-state index contributed by atoms with van der Waals surface area (Å²) in [6, 6.07) is 20.7. The third kappa shape index (κ3) is 5.26. The Morgan fingerprint density at radius 3 is 1.68 bits per heavy atom. The standard InChI is InChI=1S/C19H25NO2/c21-13-7-12-19(16-22)20(14-17-8-3-1-4-9-17)15-18-10-5-2-6-11-18/h1-6,8-11,19,21-22H,7,12-16H2/t19-/m0/s1. The summed E-state index contributed by atoms with van der Waals surface area (Å²) in [6.45, 7) is 1.87. The van der Waals surface area contributed by atoms with Crippen molar-refractivity contribution < 1.29 is 10.2 Å². The first kappa shape index (κ1) is 16.7. The minimum Gasteiger partial charge on any atom is -0.396 e. The molecule has 0 fully saturated rings. The van der Waals surface area contributed by atoms with E-state index in [1.807, 2.05) is 36.4 Å². The highest BCUT2D eigenvalue weighted by molar-refractivity contribution is 5.17. The lowest BCUT2D eigenvalue weighted by molar-refractivity contribution is 0.0969. The predicted molar refractivity (Wildman–Crippen MR) is 89.3 cm³/mol. The molecule has 0 spiro atoms. The van der Waals surface area contributed by atoms with Gasteiger partial charge in [-0.15, -0.1) is 0 Å². The van der Waals surface area contributed by atoms with Crippen molar-refractivity contribution in [2.24, 2.45) is 0 Å². The van der Waals surface area contributed by atoms with Gasteiger partial charge in [-0.3, -0.25) is 4.90 Å². The monoisotopic (exact) mass is 299 g/mol. The smallest absolute Gasteiger partial charge is 0.0587 e. The van der Waals surface area contributed by atoms with Crippen LogP contribution >= 0.6 is 0 Å². The summed E-state index contributed by atoms with van der Waals surface area (Å²) in [5.41, 5.74) is 2.47. The highest BCUT2D eigenvalue weighted by Crippen LogP contribution is 2.16. The third-order valence-electron chi connectivity index (χ3n) is 3.88. The SMILES string of the molecule is OCCC[C@@H](CO)N(Cc1ccccc1)Cc1ccccc1. The van der Waals surface area contributed by atoms with Crippen LogP contribution in [0.5, 0.6) is 0 Å². The number of hydrogen-bond acceptors (Lipinski definition) is 3. The summed E-state index contributed by atoms with van der Waals surface area (Å²) in [5, 5.41) is 18.8. The highest BCUT2D eigenvalue weighted by atomic mass is 16.3. The molecule has 3 nitrogen and oxygen atoms in total. The fourth-order valence-electron chi connectivity index (χ4n) is 2.67. The first-order valence-electron chi connectivity index (χ1n) is 7.87. The molecular formula is C19H25NO2. The Labute approximate surface area is 132 Å². The van der Waals surface area contributed by atoms with Gasteiger partial charge in [-0.25, -0.2) is 0 Å². The molecule has 2 aromatic rings. The van der Waals surface area contributed by atoms with Crippen LogP contribution in [-0.4, -0.2) is 34.4 Å². The summed E-state index contributed by atoms with van der Waals surface area (Å²) < 4.78 is 0. The van der Waals surface area contributed by atoms with Crippen LogP contribution in [0, 0.1) is 0 Å². The van der Waals surface area contributed by atoms with Crippen LogP contribution in [-0.2, 0) is 13.1 Å². The van der Waals surface area contributed by atoms with Gasteiger partial charge in [0.2, 0.25) is 0 Å². The van der Waals surface area contributed by atoms with Crippen LogP contribution in [0.25, 0.3) is 0 Å². The van der Waals surface area contributed by atoms with Crippen LogP contribution in [0.3, 0.4) is 0 Å². The lowest BCUT2D eigenvalue weighted by atomic mass is 10.1. The summed E-state index contributed by atoms with van der Waals surface area (Å²) in [6.07, 6.45) is 1.51. The molecule has 0 saturated heterocycles. The van der Waals surface area contributed by atoms with Crippen LogP contribution in [0.4, 0.5) is 0 Å². The first-order valence-corrected chi connectivity index (χ1v) is 7.87. The average Bonchev–Trinajstić information content (AvgIpc) is 2.57. The summed E-state index contributed by atoms with van der Waals surface area (Å²) in [5.74, 6) is 0. The summed E-state index contributed by atoms with van der Waals surface area (Å²) >= 11 is 0. The normalized spacial score (nSPS) is 12.5. The number of benzene rings is 2. The third-order valence-corrected chi connectivity index (χ3v) is 3.88. The van der Waals surface area contributed by atoms with Gasteiger partial charge in [0.15, 0.2) is 0 Å². The zero-order chi connectivity index (χ0) is 15.6. The Bertz CT molecular complexity index is 474. The van der Waals surface area contributed by atoms with Crippen molar-refractivity contribution in [2.45, 2.75) is 32.0 Å². The van der Waals surface area contributed by atoms with Crippen molar-refractivity contribution in [1.29, 1.82) is 0 Å². The number of aliphatic hydroxyl groups is 2. The fourth-order valence-corrected chi connectivity index (χ4v) is 2.67. The molecule has 0 aliphatic heterocycles. The molecule has 2 N–H and O–H groups in total. The molecule has 0 aromatic heterocycles. The van der Waals surface area contributed by atoms with Gasteiger partial charge >= 0.3 is 0 Å². The first-order chi connectivity index (χ1) is 10.8. The van der Waals surface area contributed by atoms with E-state index in [1.165, 1.54) is 11.1 Å². The van der Waals surface area contributed by atoms with Gasteiger partial charge in [-0.1, -0.05) is 60.7 Å². The highest BCUT2D eigenvalue weighted by Gasteiger charge is 2.18. The molecule has 1 atom stereocenters. The second-order valence-corrected chi connectivity index (χ2v) is 5.58. The maximum Gasteiger partial charge on any atom is 0.0587 e. The van der Waals surface area contributed by atoms with E-state index < -0.39 is 0 Å². The van der Waals surface area contributed by atoms with Crippen molar-refractivity contribution in [1.82, 2.24) is 4.90 Å². The summed E-state index contributed by atoms with van der Waals surface area (Å²) in [4.78, 5) is 2.29. The summed E-state index contributed by atoms with van der Waals surface area (Å²) in [7, 11) is 0. The van der Waals surface area contributed by atoms with Gasteiger partial charge in [-0.05, 0) is 24.0 Å². The van der Waals surface area contributed by atoms with E-state index in [0.29, 0.717) is 6.42 Å². The molecule has 118 valence electrons. The molecule has 0 saturated carbocycles.